The Labute approximate surface area is 184 Å². The number of fused-ring (bicyclic) bond motifs is 4. The number of hydrogen-bond donors (Lipinski definition) is 2. The van der Waals surface area contributed by atoms with Gasteiger partial charge in [0.05, 0.1) is 11.7 Å². The Morgan fingerprint density at radius 1 is 1.09 bits per heavy atom. The number of rotatable bonds is 6. The van der Waals surface area contributed by atoms with E-state index in [1.165, 1.54) is 15.6 Å². The summed E-state index contributed by atoms with van der Waals surface area (Å²) in [6.45, 7) is 2.49. The summed E-state index contributed by atoms with van der Waals surface area (Å²) < 4.78 is 3.20. The molecule has 1 atom stereocenters. The highest BCUT2D eigenvalue weighted by atomic mass is 16.2. The van der Waals surface area contributed by atoms with E-state index in [0.29, 0.717) is 18.5 Å². The van der Waals surface area contributed by atoms with Gasteiger partial charge in [0.1, 0.15) is 11.6 Å². The number of amides is 1. The lowest BCUT2D eigenvalue weighted by atomic mass is 10.1. The molecule has 1 unspecified atom stereocenters. The summed E-state index contributed by atoms with van der Waals surface area (Å²) in [6.07, 6.45) is 5.00. The molecule has 3 aromatic heterocycles. The first-order valence-electron chi connectivity index (χ1n) is 10.9. The van der Waals surface area contributed by atoms with E-state index in [1.54, 1.807) is 13.2 Å². The number of para-hydroxylation sites is 2. The summed E-state index contributed by atoms with van der Waals surface area (Å²) in [4.78, 5) is 29.6. The van der Waals surface area contributed by atoms with Crippen molar-refractivity contribution in [2.75, 3.05) is 6.54 Å². The van der Waals surface area contributed by atoms with Gasteiger partial charge in [-0.3, -0.25) is 9.59 Å². The Balaban J connectivity index is 1.47. The van der Waals surface area contributed by atoms with Gasteiger partial charge in [-0.15, -0.1) is 0 Å². The van der Waals surface area contributed by atoms with Gasteiger partial charge >= 0.3 is 0 Å². The number of aromatic nitrogens is 4. The van der Waals surface area contributed by atoms with Gasteiger partial charge in [0.2, 0.25) is 5.91 Å². The zero-order valence-corrected chi connectivity index (χ0v) is 18.1. The van der Waals surface area contributed by atoms with Crippen LogP contribution in [0.1, 0.15) is 24.9 Å². The number of carbonyl (C=O) groups excluding carboxylic acids is 1. The monoisotopic (exact) mass is 427 g/mol. The minimum Gasteiger partial charge on any atom is -0.361 e. The molecule has 2 N–H and O–H groups in total. The highest BCUT2D eigenvalue weighted by Crippen LogP contribution is 2.30. The number of H-pyrrole nitrogens is 1. The average molecular weight is 428 g/mol. The molecule has 0 aliphatic carbocycles. The SMILES string of the molecule is CCC(C(=O)NCCc1c[nH]c2ccccc12)n1c2ccccc2c2cnn(C)c(=O)c21. The molecule has 0 bridgehead atoms. The zero-order valence-electron chi connectivity index (χ0n) is 18.1. The van der Waals surface area contributed by atoms with Crippen LogP contribution < -0.4 is 10.9 Å². The smallest absolute Gasteiger partial charge is 0.291 e. The molecule has 7 heteroatoms. The molecule has 32 heavy (non-hydrogen) atoms. The Hall–Kier alpha value is -3.87. The summed E-state index contributed by atoms with van der Waals surface area (Å²) in [5, 5.41) is 10.2. The summed E-state index contributed by atoms with van der Waals surface area (Å²) >= 11 is 0. The van der Waals surface area contributed by atoms with E-state index in [1.807, 2.05) is 60.2 Å². The molecular formula is C25H25N5O2. The fourth-order valence-corrected chi connectivity index (χ4v) is 4.57. The van der Waals surface area contributed by atoms with Crippen molar-refractivity contribution in [2.45, 2.75) is 25.8 Å². The van der Waals surface area contributed by atoms with Crippen LogP contribution >= 0.6 is 0 Å². The maximum absolute atomic E-state index is 13.3. The minimum absolute atomic E-state index is 0.0890. The van der Waals surface area contributed by atoms with Crippen molar-refractivity contribution in [2.24, 2.45) is 7.05 Å². The van der Waals surface area contributed by atoms with Crippen LogP contribution in [0.2, 0.25) is 0 Å². The second kappa shape index (κ2) is 8.00. The van der Waals surface area contributed by atoms with Gasteiger partial charge in [-0.2, -0.15) is 5.10 Å². The van der Waals surface area contributed by atoms with Crippen molar-refractivity contribution in [3.8, 4) is 0 Å². The van der Waals surface area contributed by atoms with Crippen molar-refractivity contribution < 1.29 is 4.79 Å². The van der Waals surface area contributed by atoms with Gasteiger partial charge in [0, 0.05) is 41.5 Å². The Morgan fingerprint density at radius 3 is 2.66 bits per heavy atom. The second-order valence-electron chi connectivity index (χ2n) is 8.05. The highest BCUT2D eigenvalue weighted by Gasteiger charge is 2.25. The van der Waals surface area contributed by atoms with E-state index >= 15 is 0 Å². The van der Waals surface area contributed by atoms with Gasteiger partial charge < -0.3 is 14.9 Å². The number of nitrogens with one attached hydrogen (secondary N) is 2. The predicted molar refractivity (Wildman–Crippen MR) is 127 cm³/mol. The van der Waals surface area contributed by atoms with Crippen molar-refractivity contribution in [3.63, 3.8) is 0 Å². The summed E-state index contributed by atoms with van der Waals surface area (Å²) in [7, 11) is 1.63. The number of benzene rings is 2. The van der Waals surface area contributed by atoms with Crippen molar-refractivity contribution >= 4 is 38.6 Å². The zero-order chi connectivity index (χ0) is 22.2. The van der Waals surface area contributed by atoms with Crippen LogP contribution in [-0.2, 0) is 18.3 Å². The summed E-state index contributed by atoms with van der Waals surface area (Å²) in [6, 6.07) is 15.4. The van der Waals surface area contributed by atoms with Gasteiger partial charge in [-0.05, 0) is 30.5 Å². The lowest BCUT2D eigenvalue weighted by Crippen LogP contribution is -2.34. The first kappa shape index (κ1) is 20.1. The van der Waals surface area contributed by atoms with E-state index < -0.39 is 6.04 Å². The molecule has 162 valence electrons. The third kappa shape index (κ3) is 3.17. The number of aromatic amines is 1. The van der Waals surface area contributed by atoms with E-state index in [4.69, 9.17) is 0 Å². The van der Waals surface area contributed by atoms with E-state index in [2.05, 4.69) is 21.5 Å². The van der Waals surface area contributed by atoms with Crippen molar-refractivity contribution in [1.82, 2.24) is 24.6 Å². The maximum Gasteiger partial charge on any atom is 0.291 e. The predicted octanol–water partition coefficient (Wildman–Crippen LogP) is 3.68. The fourth-order valence-electron chi connectivity index (χ4n) is 4.57. The van der Waals surface area contributed by atoms with Gasteiger partial charge in [-0.1, -0.05) is 43.3 Å². The first-order chi connectivity index (χ1) is 15.6. The molecule has 0 spiro atoms. The molecule has 0 saturated heterocycles. The number of nitrogens with zero attached hydrogens (tertiary/aromatic N) is 3. The largest absolute Gasteiger partial charge is 0.361 e. The van der Waals surface area contributed by atoms with Crippen molar-refractivity contribution in [1.29, 1.82) is 0 Å². The second-order valence-corrected chi connectivity index (χ2v) is 8.05. The van der Waals surface area contributed by atoms with E-state index in [9.17, 15) is 9.59 Å². The molecule has 5 rings (SSSR count). The number of hydrogen-bond acceptors (Lipinski definition) is 3. The molecule has 2 aromatic carbocycles. The molecule has 1 amide bonds. The molecule has 0 radical (unpaired) electrons. The van der Waals surface area contributed by atoms with Crippen LogP contribution in [0.5, 0.6) is 0 Å². The highest BCUT2D eigenvalue weighted by molar-refractivity contribution is 6.08. The molecule has 7 nitrogen and oxygen atoms in total. The topological polar surface area (TPSA) is 84.7 Å². The number of aryl methyl sites for hydroxylation is 1. The van der Waals surface area contributed by atoms with Crippen LogP contribution in [0, 0.1) is 0 Å². The van der Waals surface area contributed by atoms with Crippen LogP contribution in [0.4, 0.5) is 0 Å². The summed E-state index contributed by atoms with van der Waals surface area (Å²) in [5.41, 5.74) is 3.44. The summed E-state index contributed by atoms with van der Waals surface area (Å²) in [5.74, 6) is -0.0890. The lowest BCUT2D eigenvalue weighted by molar-refractivity contribution is -0.124. The third-order valence-electron chi connectivity index (χ3n) is 6.18. The van der Waals surface area contributed by atoms with Crippen LogP contribution in [0.15, 0.2) is 65.7 Å². The molecule has 0 fully saturated rings. The standard InChI is InChI=1S/C25H25N5O2/c1-3-21(24(31)26-13-12-16-14-27-20-10-6-4-8-17(16)20)30-22-11-7-5-9-18(22)19-15-28-29(2)25(32)23(19)30/h4-11,14-15,21,27H,3,12-13H2,1-2H3,(H,26,31). The molecule has 3 heterocycles. The van der Waals surface area contributed by atoms with Crippen LogP contribution in [0.3, 0.4) is 0 Å². The molecular weight excluding hydrogens is 402 g/mol. The van der Waals surface area contributed by atoms with Gasteiger partial charge in [0.15, 0.2) is 0 Å². The van der Waals surface area contributed by atoms with E-state index in [-0.39, 0.29) is 11.5 Å². The number of carbonyl (C=O) groups is 1. The van der Waals surface area contributed by atoms with Crippen LogP contribution in [-0.4, -0.2) is 31.8 Å². The molecule has 5 aromatic rings. The third-order valence-corrected chi connectivity index (χ3v) is 6.18. The Bertz CT molecular complexity index is 1510. The first-order valence-corrected chi connectivity index (χ1v) is 10.9. The van der Waals surface area contributed by atoms with E-state index in [0.717, 1.165) is 28.2 Å². The quantitative estimate of drug-likeness (QED) is 0.434. The van der Waals surface area contributed by atoms with Gasteiger partial charge in [0.25, 0.3) is 5.56 Å². The van der Waals surface area contributed by atoms with Gasteiger partial charge in [-0.25, -0.2) is 4.68 Å². The molecule has 0 aliphatic rings. The Kier molecular flexibility index (Phi) is 5.01. The average Bonchev–Trinajstić information content (AvgIpc) is 3.37. The molecule has 0 aliphatic heterocycles. The van der Waals surface area contributed by atoms with Crippen LogP contribution in [0.25, 0.3) is 32.7 Å². The molecule has 0 saturated carbocycles. The normalized spacial score (nSPS) is 12.6. The lowest BCUT2D eigenvalue weighted by Gasteiger charge is -2.19. The van der Waals surface area contributed by atoms with Crippen molar-refractivity contribution in [3.05, 3.63) is 76.8 Å². The minimum atomic E-state index is -0.490. The fraction of sp³-hybridized carbons (Fsp3) is 0.240. The Morgan fingerprint density at radius 2 is 1.84 bits per heavy atom. The maximum atomic E-state index is 13.3.